The molecule has 0 saturated heterocycles. The molecule has 0 aromatic heterocycles. The summed E-state index contributed by atoms with van der Waals surface area (Å²) in [5.41, 5.74) is 4.17. The molecule has 1 aromatic carbocycles. The van der Waals surface area contributed by atoms with Crippen molar-refractivity contribution in [2.75, 3.05) is 0 Å². The van der Waals surface area contributed by atoms with Gasteiger partial charge in [0, 0.05) is 17.2 Å². The van der Waals surface area contributed by atoms with Crippen molar-refractivity contribution in [2.45, 2.75) is 32.6 Å². The van der Waals surface area contributed by atoms with Crippen LogP contribution in [0.25, 0.3) is 0 Å². The van der Waals surface area contributed by atoms with Gasteiger partial charge in [0.2, 0.25) is 0 Å². The zero-order chi connectivity index (χ0) is 14.1. The lowest BCUT2D eigenvalue weighted by Gasteiger charge is -2.21. The highest BCUT2D eigenvalue weighted by atomic mass is 16.3. The van der Waals surface area contributed by atoms with Crippen LogP contribution in [0.4, 0.5) is 0 Å². The molecule has 2 N–H and O–H groups in total. The van der Waals surface area contributed by atoms with Crippen LogP contribution in [0, 0.1) is 17.8 Å². The molecule has 2 aliphatic rings. The van der Waals surface area contributed by atoms with Crippen molar-refractivity contribution in [1.82, 2.24) is 5.43 Å². The van der Waals surface area contributed by atoms with Gasteiger partial charge in [-0.05, 0) is 62.3 Å². The van der Waals surface area contributed by atoms with Crippen LogP contribution >= 0.6 is 0 Å². The Hall–Kier alpha value is -1.84. The van der Waals surface area contributed by atoms with Crippen LogP contribution in [0.2, 0.25) is 0 Å². The maximum atomic E-state index is 11.9. The summed E-state index contributed by atoms with van der Waals surface area (Å²) in [7, 11) is 0. The third kappa shape index (κ3) is 2.55. The van der Waals surface area contributed by atoms with Gasteiger partial charge in [-0.2, -0.15) is 5.10 Å². The van der Waals surface area contributed by atoms with Gasteiger partial charge in [-0.25, -0.2) is 5.43 Å². The van der Waals surface area contributed by atoms with E-state index in [2.05, 4.69) is 10.5 Å². The fraction of sp³-hybridized carbons (Fsp3) is 0.500. The minimum atomic E-state index is -0.229. The number of hydrogen-bond donors (Lipinski definition) is 2. The molecule has 2 aliphatic carbocycles. The van der Waals surface area contributed by atoms with Gasteiger partial charge < -0.3 is 5.11 Å². The van der Waals surface area contributed by atoms with Gasteiger partial charge in [-0.3, -0.25) is 4.79 Å². The molecule has 0 radical (unpaired) electrons. The molecule has 0 aliphatic heterocycles. The van der Waals surface area contributed by atoms with E-state index in [1.165, 1.54) is 37.8 Å². The number of fused-ring (bicyclic) bond motifs is 2. The van der Waals surface area contributed by atoms with Crippen molar-refractivity contribution in [3.05, 3.63) is 29.8 Å². The molecule has 20 heavy (non-hydrogen) atoms. The third-order valence-corrected chi connectivity index (χ3v) is 4.74. The molecule has 106 valence electrons. The zero-order valence-corrected chi connectivity index (χ0v) is 11.7. The second-order valence-electron chi connectivity index (χ2n) is 6.02. The molecule has 2 saturated carbocycles. The molecule has 3 atom stereocenters. The molecule has 0 spiro atoms. The second kappa shape index (κ2) is 5.27. The number of nitrogens with zero attached hydrogens (tertiary/aromatic N) is 1. The number of nitrogens with one attached hydrogen (secondary N) is 1. The summed E-state index contributed by atoms with van der Waals surface area (Å²) < 4.78 is 0. The van der Waals surface area contributed by atoms with Gasteiger partial charge in [0.25, 0.3) is 5.91 Å². The van der Waals surface area contributed by atoms with Crippen LogP contribution in [0.1, 0.15) is 43.0 Å². The number of phenols is 1. The first-order valence-electron chi connectivity index (χ1n) is 7.27. The van der Waals surface area contributed by atoms with E-state index < -0.39 is 0 Å². The Kier molecular flexibility index (Phi) is 3.47. The number of amides is 1. The van der Waals surface area contributed by atoms with E-state index in [9.17, 15) is 9.90 Å². The lowest BCUT2D eigenvalue weighted by Crippen LogP contribution is -2.24. The molecule has 1 amide bonds. The molecule has 3 rings (SSSR count). The molecule has 2 fully saturated rings. The fourth-order valence-corrected chi connectivity index (χ4v) is 3.66. The van der Waals surface area contributed by atoms with Crippen LogP contribution in [0.5, 0.6) is 5.75 Å². The quantitative estimate of drug-likeness (QED) is 0.656. The van der Waals surface area contributed by atoms with Crippen LogP contribution in [-0.2, 0) is 0 Å². The van der Waals surface area contributed by atoms with Crippen LogP contribution in [0.15, 0.2) is 29.4 Å². The fourth-order valence-electron chi connectivity index (χ4n) is 3.66. The van der Waals surface area contributed by atoms with Gasteiger partial charge in [-0.15, -0.1) is 0 Å². The Labute approximate surface area is 118 Å². The van der Waals surface area contributed by atoms with Crippen LogP contribution in [0.3, 0.4) is 0 Å². The summed E-state index contributed by atoms with van der Waals surface area (Å²) >= 11 is 0. The van der Waals surface area contributed by atoms with Crippen molar-refractivity contribution in [1.29, 1.82) is 0 Å². The average Bonchev–Trinajstić information content (AvgIpc) is 3.08. The Morgan fingerprint density at radius 2 is 2.00 bits per heavy atom. The number of hydrogen-bond acceptors (Lipinski definition) is 3. The zero-order valence-electron chi connectivity index (χ0n) is 11.7. The number of phenolic OH excluding ortho intramolecular Hbond substituents is 1. The van der Waals surface area contributed by atoms with Gasteiger partial charge in [0.05, 0.1) is 0 Å². The summed E-state index contributed by atoms with van der Waals surface area (Å²) in [5.74, 6) is 2.13. The summed E-state index contributed by atoms with van der Waals surface area (Å²) in [6, 6.07) is 6.18. The molecular weight excluding hydrogens is 252 g/mol. The number of carbonyl (C=O) groups excluding carboxylic acids is 1. The summed E-state index contributed by atoms with van der Waals surface area (Å²) in [4.78, 5) is 11.9. The van der Waals surface area contributed by atoms with E-state index in [1.54, 1.807) is 12.1 Å². The van der Waals surface area contributed by atoms with E-state index in [4.69, 9.17) is 0 Å². The second-order valence-corrected chi connectivity index (χ2v) is 6.02. The van der Waals surface area contributed by atoms with Crippen LogP contribution in [-0.4, -0.2) is 16.7 Å². The standard InChI is InChI=1S/C16H20N2O2/c1-10(15-9-11-2-3-13(15)8-11)17-18-16(20)12-4-6-14(19)7-5-12/h4-7,11,13,15,19H,2-3,8-9H2,1H3,(H,18,20)/t11-,13-,15+/m0/s1. The molecule has 1 aromatic rings. The number of rotatable bonds is 3. The Bertz CT molecular complexity index is 536. The van der Waals surface area contributed by atoms with Gasteiger partial charge in [0.1, 0.15) is 5.75 Å². The summed E-state index contributed by atoms with van der Waals surface area (Å²) in [6.07, 6.45) is 5.25. The first-order valence-corrected chi connectivity index (χ1v) is 7.27. The molecule has 0 heterocycles. The summed E-state index contributed by atoms with van der Waals surface area (Å²) in [6.45, 7) is 2.02. The predicted molar refractivity (Wildman–Crippen MR) is 77.6 cm³/mol. The van der Waals surface area contributed by atoms with E-state index in [0.29, 0.717) is 11.5 Å². The molecular formula is C16H20N2O2. The third-order valence-electron chi connectivity index (χ3n) is 4.74. The highest BCUT2D eigenvalue weighted by Gasteiger charge is 2.40. The minimum absolute atomic E-state index is 0.156. The van der Waals surface area contributed by atoms with Gasteiger partial charge >= 0.3 is 0 Å². The van der Waals surface area contributed by atoms with Crippen molar-refractivity contribution in [3.63, 3.8) is 0 Å². The minimum Gasteiger partial charge on any atom is -0.508 e. The lowest BCUT2D eigenvalue weighted by molar-refractivity contribution is 0.0954. The SMILES string of the molecule is CC(=NNC(=O)c1ccc(O)cc1)[C@H]1C[C@H]2CC[C@H]1C2. The number of hydrazone groups is 1. The normalized spacial score (nSPS) is 28.6. The Morgan fingerprint density at radius 1 is 1.25 bits per heavy atom. The van der Waals surface area contributed by atoms with Crippen molar-refractivity contribution in [2.24, 2.45) is 22.9 Å². The van der Waals surface area contributed by atoms with E-state index in [-0.39, 0.29) is 11.7 Å². The Balaban J connectivity index is 1.61. The smallest absolute Gasteiger partial charge is 0.271 e. The maximum absolute atomic E-state index is 11.9. The Morgan fingerprint density at radius 3 is 2.60 bits per heavy atom. The van der Waals surface area contributed by atoms with Crippen molar-refractivity contribution >= 4 is 11.6 Å². The highest BCUT2D eigenvalue weighted by molar-refractivity contribution is 5.95. The molecule has 4 heteroatoms. The van der Waals surface area contributed by atoms with Crippen LogP contribution < -0.4 is 5.43 Å². The first kappa shape index (κ1) is 13.2. The molecule has 0 unspecified atom stereocenters. The number of aromatic hydroxyl groups is 1. The monoisotopic (exact) mass is 272 g/mol. The molecule has 4 nitrogen and oxygen atoms in total. The van der Waals surface area contributed by atoms with E-state index in [0.717, 1.165) is 17.5 Å². The highest BCUT2D eigenvalue weighted by Crippen LogP contribution is 2.48. The largest absolute Gasteiger partial charge is 0.508 e. The lowest BCUT2D eigenvalue weighted by atomic mass is 9.86. The average molecular weight is 272 g/mol. The van der Waals surface area contributed by atoms with E-state index in [1.807, 2.05) is 6.92 Å². The van der Waals surface area contributed by atoms with Crippen molar-refractivity contribution in [3.8, 4) is 5.75 Å². The summed E-state index contributed by atoms with van der Waals surface area (Å²) in [5, 5.41) is 13.5. The number of carbonyl (C=O) groups is 1. The first-order chi connectivity index (χ1) is 9.63. The van der Waals surface area contributed by atoms with Gasteiger partial charge in [-0.1, -0.05) is 6.42 Å². The van der Waals surface area contributed by atoms with Gasteiger partial charge in [0.15, 0.2) is 0 Å². The maximum Gasteiger partial charge on any atom is 0.271 e. The predicted octanol–water partition coefficient (Wildman–Crippen LogP) is 2.93. The number of benzene rings is 1. The molecule has 2 bridgehead atoms. The van der Waals surface area contributed by atoms with E-state index >= 15 is 0 Å². The van der Waals surface area contributed by atoms with Crippen molar-refractivity contribution < 1.29 is 9.90 Å². The topological polar surface area (TPSA) is 61.7 Å².